The van der Waals surface area contributed by atoms with E-state index in [-0.39, 0.29) is 23.5 Å². The number of carbonyl (C=O) groups excluding carboxylic acids is 1. The molecule has 134 valence electrons. The van der Waals surface area contributed by atoms with Crippen LogP contribution < -0.4 is 11.0 Å². The SMILES string of the molecule is COC(=O)C[C@H](c1oc(C)cc(=O)c1O)c1cc2ccccc2[nH]c1=O. The van der Waals surface area contributed by atoms with E-state index in [9.17, 15) is 19.5 Å². The number of aromatic amines is 1. The number of H-pyrrole nitrogens is 1. The third-order valence-corrected chi connectivity index (χ3v) is 4.14. The minimum absolute atomic E-state index is 0.138. The lowest BCUT2D eigenvalue weighted by molar-refractivity contribution is -0.140. The number of fused-ring (bicyclic) bond motifs is 1. The van der Waals surface area contributed by atoms with Crippen molar-refractivity contribution in [2.24, 2.45) is 0 Å². The fraction of sp³-hybridized carbons (Fsp3) is 0.211. The number of methoxy groups -OCH3 is 1. The third-order valence-electron chi connectivity index (χ3n) is 4.14. The van der Waals surface area contributed by atoms with Gasteiger partial charge in [0.15, 0.2) is 5.76 Å². The van der Waals surface area contributed by atoms with E-state index in [0.717, 1.165) is 11.5 Å². The highest BCUT2D eigenvalue weighted by atomic mass is 16.5. The number of aromatic hydroxyl groups is 1. The summed E-state index contributed by atoms with van der Waals surface area (Å²) in [5.41, 5.74) is -0.261. The Morgan fingerprint density at radius 1 is 1.27 bits per heavy atom. The average molecular weight is 355 g/mol. The summed E-state index contributed by atoms with van der Waals surface area (Å²) in [7, 11) is 1.22. The van der Waals surface area contributed by atoms with Crippen molar-refractivity contribution in [1.29, 1.82) is 0 Å². The van der Waals surface area contributed by atoms with E-state index in [4.69, 9.17) is 9.15 Å². The van der Waals surface area contributed by atoms with Gasteiger partial charge in [-0.3, -0.25) is 14.4 Å². The van der Waals surface area contributed by atoms with Gasteiger partial charge in [-0.1, -0.05) is 18.2 Å². The van der Waals surface area contributed by atoms with Crippen LogP contribution in [0.5, 0.6) is 5.75 Å². The highest BCUT2D eigenvalue weighted by molar-refractivity contribution is 5.79. The maximum Gasteiger partial charge on any atom is 0.306 e. The molecule has 0 amide bonds. The zero-order valence-corrected chi connectivity index (χ0v) is 14.2. The van der Waals surface area contributed by atoms with Gasteiger partial charge in [-0.2, -0.15) is 0 Å². The molecule has 0 radical (unpaired) electrons. The van der Waals surface area contributed by atoms with Crippen LogP contribution in [0.1, 0.15) is 29.4 Å². The van der Waals surface area contributed by atoms with Crippen LogP contribution in [0, 0.1) is 6.92 Å². The van der Waals surface area contributed by atoms with Crippen LogP contribution in [0.25, 0.3) is 10.9 Å². The number of esters is 1. The van der Waals surface area contributed by atoms with E-state index in [1.165, 1.54) is 7.11 Å². The van der Waals surface area contributed by atoms with Gasteiger partial charge in [-0.05, 0) is 24.4 Å². The van der Waals surface area contributed by atoms with Crippen LogP contribution >= 0.6 is 0 Å². The second-order valence-electron chi connectivity index (χ2n) is 5.91. The molecule has 3 aromatic rings. The quantitative estimate of drug-likeness (QED) is 0.694. The monoisotopic (exact) mass is 355 g/mol. The molecule has 0 aliphatic rings. The van der Waals surface area contributed by atoms with E-state index >= 15 is 0 Å². The number of benzene rings is 1. The highest BCUT2D eigenvalue weighted by Crippen LogP contribution is 2.32. The fourth-order valence-corrected chi connectivity index (χ4v) is 2.88. The molecule has 7 heteroatoms. The molecule has 0 aliphatic heterocycles. The summed E-state index contributed by atoms with van der Waals surface area (Å²) in [6.45, 7) is 1.55. The average Bonchev–Trinajstić information content (AvgIpc) is 2.62. The van der Waals surface area contributed by atoms with Gasteiger partial charge in [-0.15, -0.1) is 0 Å². The Morgan fingerprint density at radius 3 is 2.73 bits per heavy atom. The van der Waals surface area contributed by atoms with Gasteiger partial charge in [0.1, 0.15) is 5.76 Å². The lowest BCUT2D eigenvalue weighted by Gasteiger charge is -2.16. The summed E-state index contributed by atoms with van der Waals surface area (Å²) < 4.78 is 10.2. The van der Waals surface area contributed by atoms with E-state index < -0.39 is 28.6 Å². The number of rotatable bonds is 4. The molecule has 0 saturated heterocycles. The van der Waals surface area contributed by atoms with E-state index in [1.54, 1.807) is 31.2 Å². The van der Waals surface area contributed by atoms with Gasteiger partial charge < -0.3 is 19.2 Å². The number of pyridine rings is 1. The molecule has 3 rings (SSSR count). The summed E-state index contributed by atoms with van der Waals surface area (Å²) in [5.74, 6) is -2.08. The third kappa shape index (κ3) is 3.23. The van der Waals surface area contributed by atoms with Crippen LogP contribution in [0.2, 0.25) is 0 Å². The Balaban J connectivity index is 2.26. The van der Waals surface area contributed by atoms with Crippen molar-refractivity contribution in [2.45, 2.75) is 19.3 Å². The molecule has 0 unspecified atom stereocenters. The maximum absolute atomic E-state index is 12.6. The first-order valence-corrected chi connectivity index (χ1v) is 7.93. The minimum Gasteiger partial charge on any atom is -0.502 e. The van der Waals surface area contributed by atoms with Crippen LogP contribution in [-0.2, 0) is 9.53 Å². The Kier molecular flexibility index (Phi) is 4.62. The van der Waals surface area contributed by atoms with Crippen LogP contribution in [-0.4, -0.2) is 23.2 Å². The number of carbonyl (C=O) groups is 1. The summed E-state index contributed by atoms with van der Waals surface area (Å²) in [6, 6.07) is 9.90. The van der Waals surface area contributed by atoms with Crippen molar-refractivity contribution in [3.63, 3.8) is 0 Å². The number of para-hydroxylation sites is 1. The number of aryl methyl sites for hydroxylation is 1. The zero-order valence-electron chi connectivity index (χ0n) is 14.2. The molecule has 0 spiro atoms. The normalized spacial score (nSPS) is 12.1. The van der Waals surface area contributed by atoms with Gasteiger partial charge in [0.2, 0.25) is 11.2 Å². The molecule has 1 aromatic carbocycles. The Labute approximate surface area is 147 Å². The van der Waals surface area contributed by atoms with Crippen LogP contribution in [0.15, 0.2) is 50.4 Å². The molecule has 0 aliphatic carbocycles. The molecule has 2 heterocycles. The van der Waals surface area contributed by atoms with E-state index in [2.05, 4.69) is 4.98 Å². The molecule has 26 heavy (non-hydrogen) atoms. The fourth-order valence-electron chi connectivity index (χ4n) is 2.88. The second-order valence-corrected chi connectivity index (χ2v) is 5.91. The smallest absolute Gasteiger partial charge is 0.306 e. The first kappa shape index (κ1) is 17.5. The summed E-state index contributed by atoms with van der Waals surface area (Å²) in [6.07, 6.45) is -0.266. The van der Waals surface area contributed by atoms with Crippen LogP contribution in [0.3, 0.4) is 0 Å². The molecule has 0 saturated carbocycles. The molecule has 0 fully saturated rings. The largest absolute Gasteiger partial charge is 0.502 e. The topological polar surface area (TPSA) is 110 Å². The second kappa shape index (κ2) is 6.87. The lowest BCUT2D eigenvalue weighted by atomic mass is 9.92. The molecular weight excluding hydrogens is 338 g/mol. The zero-order chi connectivity index (χ0) is 18.8. The molecule has 1 atom stereocenters. The molecule has 0 bridgehead atoms. The van der Waals surface area contributed by atoms with Crippen molar-refractivity contribution >= 4 is 16.9 Å². The molecular formula is C19H17NO6. The Hall–Kier alpha value is -3.35. The van der Waals surface area contributed by atoms with Gasteiger partial charge in [-0.25, -0.2) is 0 Å². The molecule has 2 aromatic heterocycles. The van der Waals surface area contributed by atoms with Crippen LogP contribution in [0.4, 0.5) is 0 Å². The minimum atomic E-state index is -0.969. The molecule has 7 nitrogen and oxygen atoms in total. The number of ether oxygens (including phenoxy) is 1. The van der Waals surface area contributed by atoms with Gasteiger partial charge in [0.25, 0.3) is 5.56 Å². The van der Waals surface area contributed by atoms with Gasteiger partial charge in [0, 0.05) is 17.1 Å². The number of nitrogens with one attached hydrogen (secondary N) is 1. The number of hydrogen-bond acceptors (Lipinski definition) is 6. The Bertz CT molecular complexity index is 1100. The van der Waals surface area contributed by atoms with Crippen molar-refractivity contribution in [1.82, 2.24) is 4.98 Å². The van der Waals surface area contributed by atoms with E-state index in [1.807, 2.05) is 6.07 Å². The van der Waals surface area contributed by atoms with Gasteiger partial charge in [0.05, 0.1) is 19.4 Å². The molecule has 2 N–H and O–H groups in total. The maximum atomic E-state index is 12.6. The first-order valence-electron chi connectivity index (χ1n) is 7.93. The van der Waals surface area contributed by atoms with Gasteiger partial charge >= 0.3 is 5.97 Å². The van der Waals surface area contributed by atoms with Crippen molar-refractivity contribution in [3.05, 3.63) is 74.1 Å². The predicted molar refractivity (Wildman–Crippen MR) is 94.4 cm³/mol. The summed E-state index contributed by atoms with van der Waals surface area (Å²) >= 11 is 0. The summed E-state index contributed by atoms with van der Waals surface area (Å²) in [4.78, 5) is 39.2. The summed E-state index contributed by atoms with van der Waals surface area (Å²) in [5, 5.41) is 10.9. The first-order chi connectivity index (χ1) is 12.4. The predicted octanol–water partition coefficient (Wildman–Crippen LogP) is 2.19. The number of aromatic nitrogens is 1. The standard InChI is InChI=1S/C19H17NO6/c1-10-7-15(21)17(23)18(26-10)12(9-16(22)25-2)13-8-11-5-3-4-6-14(11)20-19(13)24/h3-8,12,23H,9H2,1-2H3,(H,20,24)/t12-/m0/s1. The van der Waals surface area contributed by atoms with Crippen molar-refractivity contribution in [2.75, 3.05) is 7.11 Å². The van der Waals surface area contributed by atoms with Crippen molar-refractivity contribution in [3.8, 4) is 5.75 Å². The number of hydrogen-bond donors (Lipinski definition) is 2. The Morgan fingerprint density at radius 2 is 2.00 bits per heavy atom. The lowest BCUT2D eigenvalue weighted by Crippen LogP contribution is -2.21. The van der Waals surface area contributed by atoms with E-state index in [0.29, 0.717) is 5.52 Å². The van der Waals surface area contributed by atoms with Crippen molar-refractivity contribution < 1.29 is 19.1 Å². The highest BCUT2D eigenvalue weighted by Gasteiger charge is 2.28.